The lowest BCUT2D eigenvalue weighted by atomic mass is 10.0. The fraction of sp³-hybridized carbons (Fsp3) is 0.238. The van der Waals surface area contributed by atoms with Crippen molar-refractivity contribution in [3.63, 3.8) is 0 Å². The van der Waals surface area contributed by atoms with E-state index < -0.39 is 11.7 Å². The van der Waals surface area contributed by atoms with Crippen LogP contribution in [0.5, 0.6) is 0 Å². The topological polar surface area (TPSA) is 49.0 Å². The lowest BCUT2D eigenvalue weighted by Gasteiger charge is -2.27. The summed E-state index contributed by atoms with van der Waals surface area (Å²) in [4.78, 5) is 21.8. The number of halogens is 4. The second-order valence-corrected chi connectivity index (χ2v) is 7.00. The van der Waals surface area contributed by atoms with Gasteiger partial charge < -0.3 is 4.98 Å². The second-order valence-electron chi connectivity index (χ2n) is 7.00. The third kappa shape index (κ3) is 4.22. The van der Waals surface area contributed by atoms with Gasteiger partial charge in [0.2, 0.25) is 0 Å². The van der Waals surface area contributed by atoms with Gasteiger partial charge in [0.25, 0.3) is 5.56 Å². The van der Waals surface area contributed by atoms with Gasteiger partial charge in [0, 0.05) is 31.6 Å². The molecule has 1 aliphatic heterocycles. The molecule has 1 aliphatic rings. The maximum Gasteiger partial charge on any atom is 0.416 e. The third-order valence-electron chi connectivity index (χ3n) is 4.95. The van der Waals surface area contributed by atoms with Gasteiger partial charge in [-0.25, -0.2) is 9.37 Å². The highest BCUT2D eigenvalue weighted by atomic mass is 19.4. The molecule has 0 saturated carbocycles. The summed E-state index contributed by atoms with van der Waals surface area (Å²) in [6, 6.07) is 10.8. The number of aromatic amines is 1. The summed E-state index contributed by atoms with van der Waals surface area (Å²) in [6.07, 6.45) is -3.86. The largest absolute Gasteiger partial charge is 0.416 e. The zero-order valence-electron chi connectivity index (χ0n) is 15.3. The van der Waals surface area contributed by atoms with E-state index in [4.69, 9.17) is 0 Å². The molecular formula is C21H17F4N3O. The zero-order chi connectivity index (χ0) is 20.6. The molecule has 2 heterocycles. The fourth-order valence-electron chi connectivity index (χ4n) is 3.42. The number of nitrogens with zero attached hydrogens (tertiary/aromatic N) is 2. The number of hydrogen-bond acceptors (Lipinski definition) is 3. The molecule has 2 aromatic carbocycles. The van der Waals surface area contributed by atoms with Crippen molar-refractivity contribution >= 4 is 0 Å². The average molecular weight is 403 g/mol. The van der Waals surface area contributed by atoms with E-state index in [1.165, 1.54) is 24.3 Å². The smallest absolute Gasteiger partial charge is 0.306 e. The Morgan fingerprint density at radius 3 is 2.38 bits per heavy atom. The summed E-state index contributed by atoms with van der Waals surface area (Å²) < 4.78 is 51.2. The lowest BCUT2D eigenvalue weighted by molar-refractivity contribution is -0.137. The number of aromatic nitrogens is 2. The first-order chi connectivity index (χ1) is 13.8. The van der Waals surface area contributed by atoms with Crippen LogP contribution in [0.3, 0.4) is 0 Å². The first kappa shape index (κ1) is 19.3. The van der Waals surface area contributed by atoms with Crippen LogP contribution in [-0.2, 0) is 25.7 Å². The normalized spacial score (nSPS) is 14.6. The van der Waals surface area contributed by atoms with Gasteiger partial charge in [-0.15, -0.1) is 0 Å². The molecule has 0 spiro atoms. The molecule has 0 bridgehead atoms. The van der Waals surface area contributed by atoms with Gasteiger partial charge in [-0.1, -0.05) is 24.3 Å². The first-order valence-corrected chi connectivity index (χ1v) is 9.06. The van der Waals surface area contributed by atoms with Crippen LogP contribution in [-0.4, -0.2) is 21.4 Å². The highest BCUT2D eigenvalue weighted by molar-refractivity contribution is 5.56. The SMILES string of the molecule is O=c1[nH]c(-c2ccc(C(F)(F)F)cc2)nc2c1CN(Cc1ccc(F)cc1)CC2. The van der Waals surface area contributed by atoms with Gasteiger partial charge in [0.15, 0.2) is 0 Å². The Bertz CT molecular complexity index is 1070. The minimum absolute atomic E-state index is 0.259. The summed E-state index contributed by atoms with van der Waals surface area (Å²) in [7, 11) is 0. The molecule has 4 nitrogen and oxygen atoms in total. The quantitative estimate of drug-likeness (QED) is 0.669. The summed E-state index contributed by atoms with van der Waals surface area (Å²) in [5.41, 5.74) is 1.52. The third-order valence-corrected chi connectivity index (χ3v) is 4.95. The number of rotatable bonds is 3. The van der Waals surface area contributed by atoms with Crippen LogP contribution in [0.4, 0.5) is 17.6 Å². The predicted octanol–water partition coefficient (Wildman–Crippen LogP) is 4.15. The van der Waals surface area contributed by atoms with Crippen LogP contribution in [0.2, 0.25) is 0 Å². The van der Waals surface area contributed by atoms with Crippen LogP contribution in [0, 0.1) is 5.82 Å². The van der Waals surface area contributed by atoms with Crippen molar-refractivity contribution in [3.05, 3.63) is 87.1 Å². The van der Waals surface area contributed by atoms with Crippen molar-refractivity contribution in [2.24, 2.45) is 0 Å². The molecule has 3 aromatic rings. The maximum atomic E-state index is 13.1. The number of hydrogen-bond donors (Lipinski definition) is 1. The van der Waals surface area contributed by atoms with E-state index in [0.29, 0.717) is 42.9 Å². The van der Waals surface area contributed by atoms with Crippen LogP contribution < -0.4 is 5.56 Å². The lowest BCUT2D eigenvalue weighted by Crippen LogP contribution is -2.35. The molecule has 0 fully saturated rings. The molecule has 8 heteroatoms. The molecule has 29 heavy (non-hydrogen) atoms. The van der Waals surface area contributed by atoms with Gasteiger partial charge in [-0.2, -0.15) is 13.2 Å². The Kier molecular flexibility index (Phi) is 4.96. The molecular weight excluding hydrogens is 386 g/mol. The minimum atomic E-state index is -4.41. The molecule has 0 amide bonds. The van der Waals surface area contributed by atoms with Crippen LogP contribution >= 0.6 is 0 Å². The Balaban J connectivity index is 1.55. The number of nitrogens with one attached hydrogen (secondary N) is 1. The van der Waals surface area contributed by atoms with Gasteiger partial charge in [-0.05, 0) is 29.8 Å². The number of H-pyrrole nitrogens is 1. The van der Waals surface area contributed by atoms with Crippen molar-refractivity contribution in [1.82, 2.24) is 14.9 Å². The molecule has 4 rings (SSSR count). The predicted molar refractivity (Wildman–Crippen MR) is 99.5 cm³/mol. The maximum absolute atomic E-state index is 13.1. The molecule has 150 valence electrons. The van der Waals surface area contributed by atoms with Crippen LogP contribution in [0.25, 0.3) is 11.4 Å². The van der Waals surface area contributed by atoms with Crippen molar-refractivity contribution in [2.75, 3.05) is 6.54 Å². The monoisotopic (exact) mass is 403 g/mol. The standard InChI is InChI=1S/C21H17F4N3O/c22-16-7-1-13(2-8-16)11-28-10-9-18-17(12-28)20(29)27-19(26-18)14-3-5-15(6-4-14)21(23,24)25/h1-8H,9-12H2,(H,26,27,29). The highest BCUT2D eigenvalue weighted by Crippen LogP contribution is 2.30. The minimum Gasteiger partial charge on any atom is -0.306 e. The van der Waals surface area contributed by atoms with Crippen molar-refractivity contribution < 1.29 is 17.6 Å². The zero-order valence-corrected chi connectivity index (χ0v) is 15.3. The Labute approximate surface area is 163 Å². The van der Waals surface area contributed by atoms with E-state index in [9.17, 15) is 22.4 Å². The molecule has 1 aromatic heterocycles. The Morgan fingerprint density at radius 1 is 1.03 bits per heavy atom. The fourth-order valence-corrected chi connectivity index (χ4v) is 3.42. The summed E-state index contributed by atoms with van der Waals surface area (Å²) in [5, 5.41) is 0. The van der Waals surface area contributed by atoms with E-state index in [1.807, 2.05) is 0 Å². The molecule has 0 saturated heterocycles. The van der Waals surface area contributed by atoms with Crippen molar-refractivity contribution in [2.45, 2.75) is 25.7 Å². The highest BCUT2D eigenvalue weighted by Gasteiger charge is 2.30. The van der Waals surface area contributed by atoms with Gasteiger partial charge in [0.05, 0.1) is 16.8 Å². The molecule has 0 aliphatic carbocycles. The van der Waals surface area contributed by atoms with Crippen LogP contribution in [0.1, 0.15) is 22.4 Å². The first-order valence-electron chi connectivity index (χ1n) is 9.06. The van der Waals surface area contributed by atoms with E-state index >= 15 is 0 Å². The number of benzene rings is 2. The van der Waals surface area contributed by atoms with Crippen molar-refractivity contribution in [3.8, 4) is 11.4 Å². The van der Waals surface area contributed by atoms with Gasteiger partial charge >= 0.3 is 6.18 Å². The molecule has 0 unspecified atom stereocenters. The van der Waals surface area contributed by atoms with E-state index in [2.05, 4.69) is 14.9 Å². The van der Waals surface area contributed by atoms with E-state index in [-0.39, 0.29) is 17.2 Å². The van der Waals surface area contributed by atoms with E-state index in [1.54, 1.807) is 12.1 Å². The summed E-state index contributed by atoms with van der Waals surface area (Å²) in [5.74, 6) is -0.0383. The molecule has 1 N–H and O–H groups in total. The van der Waals surface area contributed by atoms with Gasteiger partial charge in [-0.3, -0.25) is 9.69 Å². The average Bonchev–Trinajstić information content (AvgIpc) is 2.69. The number of fused-ring (bicyclic) bond motifs is 1. The Morgan fingerprint density at radius 2 is 1.72 bits per heavy atom. The van der Waals surface area contributed by atoms with Gasteiger partial charge in [0.1, 0.15) is 11.6 Å². The number of alkyl halides is 3. The van der Waals surface area contributed by atoms with Crippen molar-refractivity contribution in [1.29, 1.82) is 0 Å². The summed E-state index contributed by atoms with van der Waals surface area (Å²) in [6.45, 7) is 1.66. The second kappa shape index (κ2) is 7.44. The molecule has 0 radical (unpaired) electrons. The van der Waals surface area contributed by atoms with Crippen LogP contribution in [0.15, 0.2) is 53.3 Å². The summed E-state index contributed by atoms with van der Waals surface area (Å²) >= 11 is 0. The molecule has 0 atom stereocenters. The van der Waals surface area contributed by atoms with E-state index in [0.717, 1.165) is 17.7 Å². The Hall–Kier alpha value is -3.00.